The van der Waals surface area contributed by atoms with Crippen LogP contribution in [0.1, 0.15) is 66.4 Å². The van der Waals surface area contributed by atoms with E-state index in [9.17, 15) is 14.4 Å². The fourth-order valence-corrected chi connectivity index (χ4v) is 3.79. The first-order chi connectivity index (χ1) is 11.7. The number of piperidine rings is 1. The normalized spacial score (nSPS) is 20.7. The molecular weight excluding hydrogens is 354 g/mol. The van der Waals surface area contributed by atoms with Gasteiger partial charge in [0.25, 0.3) is 11.5 Å². The monoisotopic (exact) mass is 381 g/mol. The van der Waals surface area contributed by atoms with Gasteiger partial charge in [0, 0.05) is 24.2 Å². The second kappa shape index (κ2) is 7.53. The van der Waals surface area contributed by atoms with Gasteiger partial charge in [0.1, 0.15) is 5.56 Å². The molecule has 1 fully saturated rings. The SMILES string of the molecule is CC1(C)CC(=O)c2cc(C(=O)NCC3(C)CCNCC3)c(=O)[nH]c2C1.Cl. The highest BCUT2D eigenvalue weighted by atomic mass is 35.5. The molecule has 1 aromatic rings. The molecule has 0 atom stereocenters. The Balaban J connectivity index is 0.00000243. The second-order valence-corrected chi connectivity index (χ2v) is 8.59. The minimum Gasteiger partial charge on any atom is -0.351 e. The van der Waals surface area contributed by atoms with Gasteiger partial charge in [-0.05, 0) is 49.2 Å². The lowest BCUT2D eigenvalue weighted by Gasteiger charge is -2.34. The molecule has 6 nitrogen and oxygen atoms in total. The van der Waals surface area contributed by atoms with Crippen LogP contribution in [0.2, 0.25) is 0 Å². The zero-order chi connectivity index (χ0) is 18.2. The van der Waals surface area contributed by atoms with Crippen molar-refractivity contribution in [1.29, 1.82) is 0 Å². The Hall–Kier alpha value is -1.66. The summed E-state index contributed by atoms with van der Waals surface area (Å²) >= 11 is 0. The van der Waals surface area contributed by atoms with Crippen LogP contribution in [0.25, 0.3) is 0 Å². The molecule has 2 heterocycles. The number of Topliss-reactive ketones (excluding diaryl/α,β-unsaturated/α-hetero) is 1. The first kappa shape index (κ1) is 20.6. The number of amides is 1. The van der Waals surface area contributed by atoms with E-state index in [1.165, 1.54) is 6.07 Å². The van der Waals surface area contributed by atoms with E-state index in [-0.39, 0.29) is 34.6 Å². The number of hydrogen-bond donors (Lipinski definition) is 3. The molecule has 0 saturated carbocycles. The summed E-state index contributed by atoms with van der Waals surface area (Å²) in [4.78, 5) is 40.0. The van der Waals surface area contributed by atoms with Crippen LogP contribution in [-0.4, -0.2) is 36.3 Å². The van der Waals surface area contributed by atoms with E-state index in [1.54, 1.807) is 0 Å². The summed E-state index contributed by atoms with van der Waals surface area (Å²) in [6.07, 6.45) is 3.04. The zero-order valence-electron chi connectivity index (χ0n) is 15.7. The van der Waals surface area contributed by atoms with Crippen molar-refractivity contribution in [2.24, 2.45) is 10.8 Å². The maximum absolute atomic E-state index is 12.5. The molecule has 26 heavy (non-hydrogen) atoms. The summed E-state index contributed by atoms with van der Waals surface area (Å²) in [5.41, 5.74) is 0.620. The molecule has 0 unspecified atom stereocenters. The lowest BCUT2D eigenvalue weighted by Crippen LogP contribution is -2.44. The Kier molecular flexibility index (Phi) is 5.98. The van der Waals surface area contributed by atoms with E-state index in [1.807, 2.05) is 13.8 Å². The van der Waals surface area contributed by atoms with Gasteiger partial charge in [0.15, 0.2) is 5.78 Å². The number of fused-ring (bicyclic) bond motifs is 1. The van der Waals surface area contributed by atoms with Crippen molar-refractivity contribution in [3.05, 3.63) is 33.2 Å². The van der Waals surface area contributed by atoms with Gasteiger partial charge in [-0.3, -0.25) is 14.4 Å². The number of halogens is 1. The Morgan fingerprint density at radius 3 is 2.46 bits per heavy atom. The molecule has 0 aromatic carbocycles. The highest BCUT2D eigenvalue weighted by Crippen LogP contribution is 2.33. The number of nitrogens with one attached hydrogen (secondary N) is 3. The van der Waals surface area contributed by atoms with Gasteiger partial charge < -0.3 is 15.6 Å². The average molecular weight is 382 g/mol. The van der Waals surface area contributed by atoms with E-state index < -0.39 is 11.5 Å². The zero-order valence-corrected chi connectivity index (χ0v) is 16.5. The van der Waals surface area contributed by atoms with Gasteiger partial charge >= 0.3 is 0 Å². The topological polar surface area (TPSA) is 91.1 Å². The fourth-order valence-electron chi connectivity index (χ4n) is 3.79. The summed E-state index contributed by atoms with van der Waals surface area (Å²) in [5, 5.41) is 6.20. The lowest BCUT2D eigenvalue weighted by molar-refractivity contribution is 0.0909. The van der Waals surface area contributed by atoms with E-state index in [0.717, 1.165) is 25.9 Å². The van der Waals surface area contributed by atoms with Crippen molar-refractivity contribution in [2.45, 2.75) is 46.5 Å². The minimum absolute atomic E-state index is 0. The fraction of sp³-hybridized carbons (Fsp3) is 0.632. The molecule has 1 aliphatic carbocycles. The summed E-state index contributed by atoms with van der Waals surface area (Å²) in [6, 6.07) is 1.48. The average Bonchev–Trinajstić information content (AvgIpc) is 2.52. The van der Waals surface area contributed by atoms with Crippen LogP contribution >= 0.6 is 12.4 Å². The first-order valence-corrected chi connectivity index (χ1v) is 8.98. The van der Waals surface area contributed by atoms with Crippen molar-refractivity contribution in [3.63, 3.8) is 0 Å². The number of carbonyl (C=O) groups excluding carboxylic acids is 2. The van der Waals surface area contributed by atoms with Crippen LogP contribution < -0.4 is 16.2 Å². The quantitative estimate of drug-likeness (QED) is 0.747. The number of ketones is 1. The Morgan fingerprint density at radius 1 is 1.15 bits per heavy atom. The molecule has 3 N–H and O–H groups in total. The smallest absolute Gasteiger partial charge is 0.261 e. The van der Waals surface area contributed by atoms with E-state index >= 15 is 0 Å². The lowest BCUT2D eigenvalue weighted by atomic mass is 9.75. The summed E-state index contributed by atoms with van der Waals surface area (Å²) in [7, 11) is 0. The predicted molar refractivity (Wildman–Crippen MR) is 103 cm³/mol. The van der Waals surface area contributed by atoms with Crippen molar-refractivity contribution in [2.75, 3.05) is 19.6 Å². The number of aromatic amines is 1. The predicted octanol–water partition coefficient (Wildman–Crippen LogP) is 2.07. The largest absolute Gasteiger partial charge is 0.351 e. The molecule has 144 valence electrons. The first-order valence-electron chi connectivity index (χ1n) is 8.98. The number of aromatic nitrogens is 1. The minimum atomic E-state index is -0.419. The number of rotatable bonds is 3. The number of hydrogen-bond acceptors (Lipinski definition) is 4. The van der Waals surface area contributed by atoms with Crippen LogP contribution in [0.15, 0.2) is 10.9 Å². The number of H-pyrrole nitrogens is 1. The van der Waals surface area contributed by atoms with E-state index in [4.69, 9.17) is 0 Å². The molecule has 2 aliphatic rings. The van der Waals surface area contributed by atoms with Gasteiger partial charge in [-0.1, -0.05) is 20.8 Å². The second-order valence-electron chi connectivity index (χ2n) is 8.59. The van der Waals surface area contributed by atoms with Gasteiger partial charge in [-0.2, -0.15) is 0 Å². The highest BCUT2D eigenvalue weighted by molar-refractivity contribution is 6.02. The molecule has 1 saturated heterocycles. The number of carbonyl (C=O) groups is 2. The summed E-state index contributed by atoms with van der Waals surface area (Å²) in [5.74, 6) is -0.414. The van der Waals surface area contributed by atoms with E-state index in [0.29, 0.717) is 30.6 Å². The molecule has 0 bridgehead atoms. The van der Waals surface area contributed by atoms with Crippen molar-refractivity contribution in [1.82, 2.24) is 15.6 Å². The van der Waals surface area contributed by atoms with Crippen LogP contribution in [0.4, 0.5) is 0 Å². The van der Waals surface area contributed by atoms with Crippen molar-refractivity contribution in [3.8, 4) is 0 Å². The molecule has 1 aliphatic heterocycles. The van der Waals surface area contributed by atoms with Gasteiger partial charge in [-0.15, -0.1) is 12.4 Å². The third kappa shape index (κ3) is 4.35. The summed E-state index contributed by atoms with van der Waals surface area (Å²) < 4.78 is 0. The molecule has 1 aromatic heterocycles. The molecular formula is C19H28ClN3O3. The van der Waals surface area contributed by atoms with Crippen molar-refractivity contribution < 1.29 is 9.59 Å². The van der Waals surface area contributed by atoms with Crippen LogP contribution in [-0.2, 0) is 6.42 Å². The summed E-state index contributed by atoms with van der Waals surface area (Å²) in [6.45, 7) is 8.58. The Morgan fingerprint density at radius 2 is 1.81 bits per heavy atom. The standard InChI is InChI=1S/C19H27N3O3.ClH/c1-18(2)9-14-12(15(23)10-18)8-13(17(25)22-14)16(24)21-11-19(3)4-6-20-7-5-19;/h8,20H,4-7,9-11H2,1-3H3,(H,21,24)(H,22,25);1H. The van der Waals surface area contributed by atoms with Crippen LogP contribution in [0, 0.1) is 10.8 Å². The Bertz CT molecular complexity index is 764. The Labute approximate surface area is 159 Å². The molecule has 7 heteroatoms. The maximum Gasteiger partial charge on any atom is 0.261 e. The third-order valence-electron chi connectivity index (χ3n) is 5.45. The van der Waals surface area contributed by atoms with Gasteiger partial charge in [0.05, 0.1) is 0 Å². The molecule has 0 spiro atoms. The van der Waals surface area contributed by atoms with Crippen LogP contribution in [0.3, 0.4) is 0 Å². The van der Waals surface area contributed by atoms with Gasteiger partial charge in [0.2, 0.25) is 0 Å². The third-order valence-corrected chi connectivity index (χ3v) is 5.45. The highest BCUT2D eigenvalue weighted by Gasteiger charge is 2.33. The van der Waals surface area contributed by atoms with Crippen LogP contribution in [0.5, 0.6) is 0 Å². The van der Waals surface area contributed by atoms with Gasteiger partial charge in [-0.25, -0.2) is 0 Å². The van der Waals surface area contributed by atoms with E-state index in [2.05, 4.69) is 22.5 Å². The molecule has 1 amide bonds. The number of pyridine rings is 1. The molecule has 3 rings (SSSR count). The molecule has 0 radical (unpaired) electrons. The maximum atomic E-state index is 12.5. The van der Waals surface area contributed by atoms with Crippen molar-refractivity contribution >= 4 is 24.1 Å².